The van der Waals surface area contributed by atoms with E-state index in [9.17, 15) is 0 Å². The SMILES string of the molecule is CN1CCCN(c2ccnc(N)c2)CC1. The smallest absolute Gasteiger partial charge is 0.125 e. The number of nitrogens with zero attached hydrogens (tertiary/aromatic N) is 3. The Kier molecular flexibility index (Phi) is 3.06. The van der Waals surface area contributed by atoms with Crippen LogP contribution in [0.15, 0.2) is 18.3 Å². The monoisotopic (exact) mass is 206 g/mol. The van der Waals surface area contributed by atoms with Gasteiger partial charge in [0.1, 0.15) is 5.82 Å². The largest absolute Gasteiger partial charge is 0.384 e. The molecule has 0 bridgehead atoms. The van der Waals surface area contributed by atoms with E-state index in [-0.39, 0.29) is 0 Å². The molecule has 1 aromatic heterocycles. The molecular weight excluding hydrogens is 188 g/mol. The molecule has 0 spiro atoms. The second kappa shape index (κ2) is 4.49. The average molecular weight is 206 g/mol. The first kappa shape index (κ1) is 10.2. The van der Waals surface area contributed by atoms with Gasteiger partial charge in [-0.25, -0.2) is 4.98 Å². The summed E-state index contributed by atoms with van der Waals surface area (Å²) in [6.45, 7) is 4.47. The van der Waals surface area contributed by atoms with E-state index in [4.69, 9.17) is 5.73 Å². The first-order valence-electron chi connectivity index (χ1n) is 5.41. The van der Waals surface area contributed by atoms with Crippen LogP contribution in [-0.4, -0.2) is 43.1 Å². The molecule has 15 heavy (non-hydrogen) atoms. The molecule has 2 N–H and O–H groups in total. The summed E-state index contributed by atoms with van der Waals surface area (Å²) in [5, 5.41) is 0. The van der Waals surface area contributed by atoms with Crippen LogP contribution >= 0.6 is 0 Å². The predicted octanol–water partition coefficient (Wildman–Crippen LogP) is 0.806. The highest BCUT2D eigenvalue weighted by Gasteiger charge is 2.12. The number of pyridine rings is 1. The van der Waals surface area contributed by atoms with Gasteiger partial charge in [0.05, 0.1) is 0 Å². The van der Waals surface area contributed by atoms with Crippen LogP contribution in [0.3, 0.4) is 0 Å². The van der Waals surface area contributed by atoms with Crippen molar-refractivity contribution in [3.05, 3.63) is 18.3 Å². The molecule has 4 heteroatoms. The predicted molar refractivity (Wildman–Crippen MR) is 63.0 cm³/mol. The van der Waals surface area contributed by atoms with E-state index < -0.39 is 0 Å². The van der Waals surface area contributed by atoms with Crippen LogP contribution in [0.4, 0.5) is 11.5 Å². The Bertz CT molecular complexity index is 326. The zero-order valence-corrected chi connectivity index (χ0v) is 9.19. The van der Waals surface area contributed by atoms with Gasteiger partial charge in [-0.05, 0) is 26.1 Å². The second-order valence-corrected chi connectivity index (χ2v) is 4.08. The fraction of sp³-hybridized carbons (Fsp3) is 0.545. The van der Waals surface area contributed by atoms with Crippen LogP contribution in [-0.2, 0) is 0 Å². The van der Waals surface area contributed by atoms with Gasteiger partial charge < -0.3 is 15.5 Å². The van der Waals surface area contributed by atoms with Crippen molar-refractivity contribution in [3.8, 4) is 0 Å². The van der Waals surface area contributed by atoms with Crippen LogP contribution in [0.2, 0.25) is 0 Å². The van der Waals surface area contributed by atoms with Crippen molar-refractivity contribution in [1.29, 1.82) is 0 Å². The fourth-order valence-electron chi connectivity index (χ4n) is 1.94. The van der Waals surface area contributed by atoms with Crippen molar-refractivity contribution in [2.45, 2.75) is 6.42 Å². The molecule has 0 atom stereocenters. The Morgan fingerprint density at radius 1 is 1.27 bits per heavy atom. The average Bonchev–Trinajstić information content (AvgIpc) is 2.43. The number of rotatable bonds is 1. The van der Waals surface area contributed by atoms with Crippen LogP contribution in [0.25, 0.3) is 0 Å². The highest BCUT2D eigenvalue weighted by atomic mass is 15.2. The summed E-state index contributed by atoms with van der Waals surface area (Å²) in [6, 6.07) is 3.98. The van der Waals surface area contributed by atoms with E-state index in [0.717, 1.165) is 19.6 Å². The number of nitrogen functional groups attached to an aromatic ring is 1. The Balaban J connectivity index is 2.09. The highest BCUT2D eigenvalue weighted by Crippen LogP contribution is 2.17. The van der Waals surface area contributed by atoms with Gasteiger partial charge in [-0.3, -0.25) is 0 Å². The topological polar surface area (TPSA) is 45.4 Å². The van der Waals surface area contributed by atoms with E-state index in [1.165, 1.54) is 18.7 Å². The summed E-state index contributed by atoms with van der Waals surface area (Å²) in [6.07, 6.45) is 2.98. The molecule has 0 aromatic carbocycles. The Morgan fingerprint density at radius 2 is 2.13 bits per heavy atom. The summed E-state index contributed by atoms with van der Waals surface area (Å²) < 4.78 is 0. The molecule has 1 saturated heterocycles. The van der Waals surface area contributed by atoms with Crippen LogP contribution in [0.5, 0.6) is 0 Å². The van der Waals surface area contributed by atoms with Gasteiger partial charge in [-0.2, -0.15) is 0 Å². The van der Waals surface area contributed by atoms with Crippen LogP contribution in [0.1, 0.15) is 6.42 Å². The molecule has 82 valence electrons. The maximum absolute atomic E-state index is 5.68. The third kappa shape index (κ3) is 2.59. The van der Waals surface area contributed by atoms with Gasteiger partial charge >= 0.3 is 0 Å². The zero-order chi connectivity index (χ0) is 10.7. The number of anilines is 2. The first-order valence-corrected chi connectivity index (χ1v) is 5.41. The van der Waals surface area contributed by atoms with Gasteiger partial charge in [0.2, 0.25) is 0 Å². The Labute approximate surface area is 90.7 Å². The van der Waals surface area contributed by atoms with Crippen molar-refractivity contribution in [2.75, 3.05) is 43.9 Å². The van der Waals surface area contributed by atoms with Gasteiger partial charge in [0.25, 0.3) is 0 Å². The van der Waals surface area contributed by atoms with Crippen molar-refractivity contribution in [1.82, 2.24) is 9.88 Å². The lowest BCUT2D eigenvalue weighted by atomic mass is 10.3. The minimum absolute atomic E-state index is 0.602. The van der Waals surface area contributed by atoms with Gasteiger partial charge in [0.15, 0.2) is 0 Å². The molecule has 0 unspecified atom stereocenters. The minimum Gasteiger partial charge on any atom is -0.384 e. The Morgan fingerprint density at radius 3 is 2.93 bits per heavy atom. The number of hydrogen-bond donors (Lipinski definition) is 1. The summed E-state index contributed by atoms with van der Waals surface area (Å²) in [5.74, 6) is 0.602. The van der Waals surface area contributed by atoms with E-state index in [1.807, 2.05) is 12.1 Å². The lowest BCUT2D eigenvalue weighted by Crippen LogP contribution is -2.28. The summed E-state index contributed by atoms with van der Waals surface area (Å²) >= 11 is 0. The summed E-state index contributed by atoms with van der Waals surface area (Å²) in [7, 11) is 2.17. The molecule has 0 aliphatic carbocycles. The number of nitrogens with two attached hydrogens (primary N) is 1. The lowest BCUT2D eigenvalue weighted by molar-refractivity contribution is 0.360. The maximum Gasteiger partial charge on any atom is 0.125 e. The lowest BCUT2D eigenvalue weighted by Gasteiger charge is -2.22. The molecule has 2 rings (SSSR count). The van der Waals surface area contributed by atoms with Gasteiger partial charge in [-0.15, -0.1) is 0 Å². The van der Waals surface area contributed by atoms with Gasteiger partial charge in [0, 0.05) is 37.6 Å². The van der Waals surface area contributed by atoms with E-state index in [2.05, 4.69) is 21.8 Å². The Hall–Kier alpha value is -1.29. The van der Waals surface area contributed by atoms with Crippen molar-refractivity contribution < 1.29 is 0 Å². The highest BCUT2D eigenvalue weighted by molar-refractivity contribution is 5.52. The molecular formula is C11H18N4. The standard InChI is InChI=1S/C11H18N4/c1-14-5-2-6-15(8-7-14)10-3-4-13-11(12)9-10/h3-4,9H,2,5-8H2,1H3,(H2,12,13). The van der Waals surface area contributed by atoms with Crippen LogP contribution in [0, 0.1) is 0 Å². The molecule has 1 aliphatic rings. The minimum atomic E-state index is 0.602. The fourth-order valence-corrected chi connectivity index (χ4v) is 1.94. The van der Waals surface area contributed by atoms with E-state index in [1.54, 1.807) is 6.20 Å². The van der Waals surface area contributed by atoms with Crippen LogP contribution < -0.4 is 10.6 Å². The first-order chi connectivity index (χ1) is 7.25. The molecule has 0 amide bonds. The van der Waals surface area contributed by atoms with Crippen molar-refractivity contribution >= 4 is 11.5 Å². The molecule has 1 aliphatic heterocycles. The zero-order valence-electron chi connectivity index (χ0n) is 9.19. The molecule has 2 heterocycles. The van der Waals surface area contributed by atoms with Gasteiger partial charge in [-0.1, -0.05) is 0 Å². The molecule has 1 fully saturated rings. The van der Waals surface area contributed by atoms with Crippen molar-refractivity contribution in [3.63, 3.8) is 0 Å². The third-order valence-electron chi connectivity index (χ3n) is 2.85. The number of hydrogen-bond acceptors (Lipinski definition) is 4. The number of likely N-dealkylation sites (N-methyl/N-ethyl adjacent to an activating group) is 1. The molecule has 0 saturated carbocycles. The quantitative estimate of drug-likeness (QED) is 0.738. The maximum atomic E-state index is 5.68. The normalized spacial score (nSPS) is 18.9. The molecule has 1 aromatic rings. The van der Waals surface area contributed by atoms with E-state index in [0.29, 0.717) is 5.82 Å². The van der Waals surface area contributed by atoms with E-state index >= 15 is 0 Å². The third-order valence-corrected chi connectivity index (χ3v) is 2.85. The number of aromatic nitrogens is 1. The summed E-state index contributed by atoms with van der Waals surface area (Å²) in [5.41, 5.74) is 6.88. The summed E-state index contributed by atoms with van der Waals surface area (Å²) in [4.78, 5) is 8.76. The second-order valence-electron chi connectivity index (χ2n) is 4.08. The molecule has 4 nitrogen and oxygen atoms in total. The van der Waals surface area contributed by atoms with Crippen molar-refractivity contribution in [2.24, 2.45) is 0 Å². The molecule has 0 radical (unpaired) electrons.